The molecule has 0 saturated carbocycles. The van der Waals surface area contributed by atoms with Crippen molar-refractivity contribution in [2.75, 3.05) is 26.7 Å². The summed E-state index contributed by atoms with van der Waals surface area (Å²) < 4.78 is 0. The third-order valence-corrected chi connectivity index (χ3v) is 5.89. The van der Waals surface area contributed by atoms with Crippen LogP contribution in [0.5, 0.6) is 0 Å². The van der Waals surface area contributed by atoms with Crippen molar-refractivity contribution in [3.05, 3.63) is 35.9 Å². The molecular formula is C22H36N4O. The van der Waals surface area contributed by atoms with Crippen molar-refractivity contribution < 1.29 is 4.79 Å². The van der Waals surface area contributed by atoms with Gasteiger partial charge in [-0.05, 0) is 24.8 Å². The number of carbonyl (C=O) groups is 1. The quantitative estimate of drug-likeness (QED) is 0.571. The summed E-state index contributed by atoms with van der Waals surface area (Å²) in [7, 11) is 1.81. The van der Waals surface area contributed by atoms with Crippen LogP contribution < -0.4 is 10.6 Å². The molecule has 0 aliphatic carbocycles. The minimum Gasteiger partial charge on any atom is -0.356 e. The topological polar surface area (TPSA) is 56.7 Å². The minimum absolute atomic E-state index is 0.0572. The van der Waals surface area contributed by atoms with Crippen LogP contribution in [0.4, 0.5) is 0 Å². The number of likely N-dealkylation sites (tertiary alicyclic amines) is 1. The smallest absolute Gasteiger partial charge is 0.225 e. The van der Waals surface area contributed by atoms with Crippen LogP contribution in [0.25, 0.3) is 0 Å². The summed E-state index contributed by atoms with van der Waals surface area (Å²) >= 11 is 0. The molecule has 1 aromatic carbocycles. The molecule has 1 unspecified atom stereocenters. The molecule has 0 spiro atoms. The first-order valence-corrected chi connectivity index (χ1v) is 10.3. The maximum atomic E-state index is 12.2. The van der Waals surface area contributed by atoms with Crippen LogP contribution in [0.15, 0.2) is 35.3 Å². The average molecular weight is 373 g/mol. The number of nitrogens with one attached hydrogen (secondary N) is 2. The summed E-state index contributed by atoms with van der Waals surface area (Å²) in [4.78, 5) is 18.6. The Balaban J connectivity index is 1.96. The van der Waals surface area contributed by atoms with Crippen LogP contribution >= 0.6 is 0 Å². The van der Waals surface area contributed by atoms with E-state index in [-0.39, 0.29) is 23.3 Å². The Labute approximate surface area is 164 Å². The molecule has 5 heteroatoms. The third kappa shape index (κ3) is 5.24. The Morgan fingerprint density at radius 3 is 2.48 bits per heavy atom. The molecule has 2 N–H and O–H groups in total. The van der Waals surface area contributed by atoms with E-state index < -0.39 is 0 Å². The lowest BCUT2D eigenvalue weighted by Crippen LogP contribution is -2.49. The van der Waals surface area contributed by atoms with Gasteiger partial charge in [-0.3, -0.25) is 9.79 Å². The lowest BCUT2D eigenvalue weighted by molar-refractivity contribution is -0.133. The minimum atomic E-state index is 0.0572. The molecule has 1 atom stereocenters. The molecule has 1 aromatic rings. The van der Waals surface area contributed by atoms with Crippen LogP contribution in [-0.4, -0.2) is 49.5 Å². The number of nitrogens with zero attached hydrogens (tertiary/aromatic N) is 2. The van der Waals surface area contributed by atoms with Crippen molar-refractivity contribution in [1.82, 2.24) is 15.5 Å². The highest BCUT2D eigenvalue weighted by Crippen LogP contribution is 2.30. The second kappa shape index (κ2) is 9.77. The monoisotopic (exact) mass is 372 g/mol. The van der Waals surface area contributed by atoms with E-state index in [2.05, 4.69) is 59.8 Å². The van der Waals surface area contributed by atoms with E-state index in [0.29, 0.717) is 0 Å². The van der Waals surface area contributed by atoms with E-state index >= 15 is 0 Å². The van der Waals surface area contributed by atoms with Gasteiger partial charge in [0.25, 0.3) is 0 Å². The molecule has 1 aliphatic heterocycles. The number of carbonyl (C=O) groups excluding carboxylic acids is 1. The first-order chi connectivity index (χ1) is 13.0. The molecular weight excluding hydrogens is 336 g/mol. The first-order valence-electron chi connectivity index (χ1n) is 10.3. The summed E-state index contributed by atoms with van der Waals surface area (Å²) in [5.74, 6) is 1.12. The molecule has 1 heterocycles. The Hall–Kier alpha value is -2.04. The highest BCUT2D eigenvalue weighted by molar-refractivity contribution is 5.81. The molecule has 27 heavy (non-hydrogen) atoms. The zero-order valence-electron chi connectivity index (χ0n) is 17.6. The number of rotatable bonds is 7. The van der Waals surface area contributed by atoms with Gasteiger partial charge < -0.3 is 15.5 Å². The van der Waals surface area contributed by atoms with Crippen LogP contribution in [0.1, 0.15) is 52.5 Å². The third-order valence-electron chi connectivity index (χ3n) is 5.89. The maximum Gasteiger partial charge on any atom is 0.225 e. The van der Waals surface area contributed by atoms with Crippen molar-refractivity contribution in [3.63, 3.8) is 0 Å². The zero-order chi connectivity index (χ0) is 19.9. The van der Waals surface area contributed by atoms with Crippen LogP contribution in [0.3, 0.4) is 0 Å². The van der Waals surface area contributed by atoms with E-state index in [1.54, 1.807) is 0 Å². The number of hydrogen-bond acceptors (Lipinski definition) is 2. The average Bonchev–Trinajstić information content (AvgIpc) is 3.16. The molecule has 0 radical (unpaired) electrons. The van der Waals surface area contributed by atoms with Gasteiger partial charge in [-0.2, -0.15) is 0 Å². The largest absolute Gasteiger partial charge is 0.356 e. The zero-order valence-corrected chi connectivity index (χ0v) is 17.6. The van der Waals surface area contributed by atoms with Crippen molar-refractivity contribution >= 4 is 11.9 Å². The van der Waals surface area contributed by atoms with E-state index in [9.17, 15) is 4.79 Å². The number of hydrogen-bond donors (Lipinski definition) is 2. The summed E-state index contributed by atoms with van der Waals surface area (Å²) in [5, 5.41) is 7.05. The molecule has 1 fully saturated rings. The Morgan fingerprint density at radius 2 is 1.93 bits per heavy atom. The fraction of sp³-hybridized carbons (Fsp3) is 0.636. The molecule has 0 bridgehead atoms. The number of guanidine groups is 1. The van der Waals surface area contributed by atoms with E-state index in [1.807, 2.05) is 25.8 Å². The molecule has 150 valence electrons. The summed E-state index contributed by atoms with van der Waals surface area (Å²) in [6.45, 7) is 10.8. The lowest BCUT2D eigenvalue weighted by atomic mass is 9.76. The van der Waals surface area contributed by atoms with Gasteiger partial charge in [-0.1, -0.05) is 58.0 Å². The maximum absolute atomic E-state index is 12.2. The molecule has 2 rings (SSSR count). The predicted octanol–water partition coefficient (Wildman–Crippen LogP) is 3.17. The van der Waals surface area contributed by atoms with E-state index in [1.165, 1.54) is 5.56 Å². The molecule has 5 nitrogen and oxygen atoms in total. The van der Waals surface area contributed by atoms with Gasteiger partial charge in [-0.15, -0.1) is 0 Å². The van der Waals surface area contributed by atoms with Gasteiger partial charge in [0, 0.05) is 44.1 Å². The SMILES string of the molecule is CCC(CC)(CNC(=NC)NC1CCN(C(=O)C(C)C)C1)c1ccccc1. The highest BCUT2D eigenvalue weighted by Gasteiger charge is 2.30. The Morgan fingerprint density at radius 1 is 1.26 bits per heavy atom. The Bertz CT molecular complexity index is 622. The van der Waals surface area contributed by atoms with Crippen molar-refractivity contribution in [3.8, 4) is 0 Å². The van der Waals surface area contributed by atoms with Crippen molar-refractivity contribution in [1.29, 1.82) is 0 Å². The second-order valence-corrected chi connectivity index (χ2v) is 7.85. The fourth-order valence-corrected chi connectivity index (χ4v) is 3.89. The van der Waals surface area contributed by atoms with Crippen LogP contribution in [-0.2, 0) is 10.2 Å². The van der Waals surface area contributed by atoms with Crippen LogP contribution in [0, 0.1) is 5.92 Å². The van der Waals surface area contributed by atoms with Crippen LogP contribution in [0.2, 0.25) is 0 Å². The lowest BCUT2D eigenvalue weighted by Gasteiger charge is -2.33. The second-order valence-electron chi connectivity index (χ2n) is 7.85. The van der Waals surface area contributed by atoms with E-state index in [4.69, 9.17) is 0 Å². The van der Waals surface area contributed by atoms with Gasteiger partial charge in [0.2, 0.25) is 5.91 Å². The van der Waals surface area contributed by atoms with Crippen molar-refractivity contribution in [2.45, 2.75) is 58.4 Å². The van der Waals surface area contributed by atoms with E-state index in [0.717, 1.165) is 44.9 Å². The highest BCUT2D eigenvalue weighted by atomic mass is 16.2. The van der Waals surface area contributed by atoms with Crippen molar-refractivity contribution in [2.24, 2.45) is 10.9 Å². The van der Waals surface area contributed by atoms with Gasteiger partial charge in [-0.25, -0.2) is 0 Å². The normalized spacial score (nSPS) is 18.1. The van der Waals surface area contributed by atoms with Gasteiger partial charge in [0.1, 0.15) is 0 Å². The number of aliphatic imine (C=N–C) groups is 1. The standard InChI is InChI=1S/C22H36N4O/c1-6-22(7-2,18-11-9-8-10-12-18)16-24-21(23-5)25-19-13-14-26(15-19)20(27)17(3)4/h8-12,17,19H,6-7,13-16H2,1-5H3,(H2,23,24,25). The van der Waals surface area contributed by atoms with Gasteiger partial charge in [0.05, 0.1) is 0 Å². The Kier molecular flexibility index (Phi) is 7.69. The van der Waals surface area contributed by atoms with Gasteiger partial charge in [0.15, 0.2) is 5.96 Å². The molecule has 1 saturated heterocycles. The summed E-state index contributed by atoms with van der Waals surface area (Å²) in [6, 6.07) is 11.0. The number of benzene rings is 1. The molecule has 0 aromatic heterocycles. The number of amides is 1. The fourth-order valence-electron chi connectivity index (χ4n) is 3.89. The predicted molar refractivity (Wildman–Crippen MR) is 113 cm³/mol. The molecule has 1 amide bonds. The summed E-state index contributed by atoms with van der Waals surface area (Å²) in [6.07, 6.45) is 3.10. The molecule has 1 aliphatic rings. The van der Waals surface area contributed by atoms with Gasteiger partial charge >= 0.3 is 0 Å². The first kappa shape index (κ1) is 21.3. The summed E-state index contributed by atoms with van der Waals surface area (Å²) in [5.41, 5.74) is 1.46.